The van der Waals surface area contributed by atoms with Crippen molar-refractivity contribution in [3.8, 4) is 0 Å². The largest absolute Gasteiger partial charge is 0.351 e. The van der Waals surface area contributed by atoms with Gasteiger partial charge in [-0.1, -0.05) is 36.4 Å². The molecule has 0 amide bonds. The van der Waals surface area contributed by atoms with E-state index in [9.17, 15) is 4.79 Å². The van der Waals surface area contributed by atoms with E-state index in [4.69, 9.17) is 0 Å². The molecule has 0 saturated carbocycles. The number of anilines is 2. The Labute approximate surface area is 131 Å². The molecule has 0 aliphatic rings. The van der Waals surface area contributed by atoms with Gasteiger partial charge in [0.1, 0.15) is 0 Å². The predicted molar refractivity (Wildman–Crippen MR) is 93.0 cm³/mol. The molecule has 2 aromatic carbocycles. The maximum Gasteiger partial charge on any atom is 0.181 e. The summed E-state index contributed by atoms with van der Waals surface area (Å²) in [4.78, 5) is 15.7. The number of para-hydroxylation sites is 2. The maximum atomic E-state index is 11.9. The van der Waals surface area contributed by atoms with E-state index in [1.165, 1.54) is 0 Å². The van der Waals surface area contributed by atoms with E-state index >= 15 is 0 Å². The van der Waals surface area contributed by atoms with Gasteiger partial charge in [-0.15, -0.1) is 0 Å². The third-order valence-electron chi connectivity index (χ3n) is 3.25. The fourth-order valence-electron chi connectivity index (χ4n) is 1.92. The Morgan fingerprint density at radius 2 is 1.09 bits per heavy atom. The van der Waals surface area contributed by atoms with Crippen LogP contribution in [0.5, 0.6) is 0 Å². The summed E-state index contributed by atoms with van der Waals surface area (Å²) in [5.74, 6) is -0.0504. The number of benzene rings is 2. The van der Waals surface area contributed by atoms with Crippen molar-refractivity contribution < 1.29 is 4.79 Å². The molecule has 0 aromatic heterocycles. The minimum atomic E-state index is -0.0504. The van der Waals surface area contributed by atoms with E-state index in [0.717, 1.165) is 11.4 Å². The van der Waals surface area contributed by atoms with Gasteiger partial charge in [0.05, 0.1) is 0 Å². The van der Waals surface area contributed by atoms with Gasteiger partial charge in [0, 0.05) is 50.0 Å². The van der Waals surface area contributed by atoms with Crippen LogP contribution in [0.3, 0.4) is 0 Å². The number of hydrogen-bond donors (Lipinski definition) is 0. The molecular formula is C19H20N2O. The maximum absolute atomic E-state index is 11.9. The van der Waals surface area contributed by atoms with E-state index in [0.29, 0.717) is 0 Å². The van der Waals surface area contributed by atoms with Crippen molar-refractivity contribution in [3.63, 3.8) is 0 Å². The zero-order chi connectivity index (χ0) is 15.8. The van der Waals surface area contributed by atoms with Crippen molar-refractivity contribution >= 4 is 17.2 Å². The lowest BCUT2D eigenvalue weighted by Gasteiger charge is -2.13. The molecule has 112 valence electrons. The van der Waals surface area contributed by atoms with Gasteiger partial charge in [-0.3, -0.25) is 4.79 Å². The lowest BCUT2D eigenvalue weighted by atomic mass is 10.3. The summed E-state index contributed by atoms with van der Waals surface area (Å²) in [6, 6.07) is 19.8. The molecule has 3 heteroatoms. The minimum Gasteiger partial charge on any atom is -0.351 e. The zero-order valence-electron chi connectivity index (χ0n) is 12.9. The number of allylic oxidation sites excluding steroid dienone is 2. The summed E-state index contributed by atoms with van der Waals surface area (Å²) in [7, 11) is 3.83. The molecule has 2 rings (SSSR count). The Hall–Kier alpha value is -2.81. The Morgan fingerprint density at radius 3 is 1.45 bits per heavy atom. The molecule has 0 bridgehead atoms. The SMILES string of the molecule is CN(C=CC(=O)C=CN(C)c1ccccc1)c1ccccc1. The first-order valence-electron chi connectivity index (χ1n) is 7.13. The van der Waals surface area contributed by atoms with Gasteiger partial charge in [-0.2, -0.15) is 0 Å². The average Bonchev–Trinajstić information content (AvgIpc) is 2.59. The topological polar surface area (TPSA) is 23.6 Å². The summed E-state index contributed by atoms with van der Waals surface area (Å²) < 4.78 is 0. The van der Waals surface area contributed by atoms with Crippen LogP contribution in [0.25, 0.3) is 0 Å². The molecule has 0 saturated heterocycles. The van der Waals surface area contributed by atoms with E-state index in [1.54, 1.807) is 24.6 Å². The van der Waals surface area contributed by atoms with Crippen LogP contribution in [0, 0.1) is 0 Å². The zero-order valence-corrected chi connectivity index (χ0v) is 12.9. The molecule has 0 unspecified atom stereocenters. The molecular weight excluding hydrogens is 272 g/mol. The first-order valence-corrected chi connectivity index (χ1v) is 7.13. The minimum absolute atomic E-state index is 0.0504. The quantitative estimate of drug-likeness (QED) is 0.755. The molecule has 3 nitrogen and oxygen atoms in total. The second kappa shape index (κ2) is 7.84. The normalized spacial score (nSPS) is 11.0. The van der Waals surface area contributed by atoms with Crippen LogP contribution < -0.4 is 9.80 Å². The van der Waals surface area contributed by atoms with Crippen molar-refractivity contribution in [3.05, 3.63) is 85.2 Å². The number of rotatable bonds is 6. The summed E-state index contributed by atoms with van der Waals surface area (Å²) in [6.07, 6.45) is 6.65. The molecule has 0 aliphatic heterocycles. The number of nitrogens with zero attached hydrogens (tertiary/aromatic N) is 2. The molecule has 0 aliphatic carbocycles. The number of ketones is 1. The molecule has 2 aromatic rings. The van der Waals surface area contributed by atoms with Gasteiger partial charge in [0.2, 0.25) is 0 Å². The number of hydrogen-bond acceptors (Lipinski definition) is 3. The molecule has 0 spiro atoms. The van der Waals surface area contributed by atoms with Gasteiger partial charge < -0.3 is 9.80 Å². The first kappa shape index (κ1) is 15.6. The summed E-state index contributed by atoms with van der Waals surface area (Å²) in [5.41, 5.74) is 2.08. The Kier molecular flexibility index (Phi) is 5.55. The van der Waals surface area contributed by atoms with E-state index < -0.39 is 0 Å². The predicted octanol–water partition coefficient (Wildman–Crippen LogP) is 3.86. The highest BCUT2D eigenvalue weighted by Crippen LogP contribution is 2.12. The second-order valence-electron chi connectivity index (χ2n) is 4.93. The third kappa shape index (κ3) is 4.63. The van der Waals surface area contributed by atoms with Crippen LogP contribution in [-0.2, 0) is 4.79 Å². The van der Waals surface area contributed by atoms with Crippen LogP contribution >= 0.6 is 0 Å². The summed E-state index contributed by atoms with van der Waals surface area (Å²) in [5, 5.41) is 0. The van der Waals surface area contributed by atoms with Crippen molar-refractivity contribution in [1.29, 1.82) is 0 Å². The number of carbonyl (C=O) groups excluding carboxylic acids is 1. The smallest absolute Gasteiger partial charge is 0.181 e. The van der Waals surface area contributed by atoms with E-state index in [1.807, 2.05) is 84.6 Å². The van der Waals surface area contributed by atoms with Gasteiger partial charge >= 0.3 is 0 Å². The fraction of sp³-hybridized carbons (Fsp3) is 0.105. The van der Waals surface area contributed by atoms with Crippen LogP contribution in [0.2, 0.25) is 0 Å². The standard InChI is InChI=1S/C19H20N2O/c1-20(17-9-5-3-6-10-17)15-13-19(22)14-16-21(2)18-11-7-4-8-12-18/h3-16H,1-2H3. The van der Waals surface area contributed by atoms with Crippen LogP contribution in [0.15, 0.2) is 85.2 Å². The highest BCUT2D eigenvalue weighted by molar-refractivity contribution is 5.99. The van der Waals surface area contributed by atoms with E-state index in [-0.39, 0.29) is 5.78 Å². The van der Waals surface area contributed by atoms with Crippen LogP contribution in [0.1, 0.15) is 0 Å². The summed E-state index contributed by atoms with van der Waals surface area (Å²) in [6.45, 7) is 0. The fourth-order valence-corrected chi connectivity index (χ4v) is 1.92. The molecule has 0 radical (unpaired) electrons. The lowest BCUT2D eigenvalue weighted by molar-refractivity contribution is -0.110. The molecule has 0 fully saturated rings. The highest BCUT2D eigenvalue weighted by Gasteiger charge is 1.97. The average molecular weight is 292 g/mol. The molecule has 0 N–H and O–H groups in total. The van der Waals surface area contributed by atoms with Crippen molar-refractivity contribution in [2.75, 3.05) is 23.9 Å². The van der Waals surface area contributed by atoms with Crippen LogP contribution in [0.4, 0.5) is 11.4 Å². The van der Waals surface area contributed by atoms with Gasteiger partial charge in [-0.05, 0) is 24.3 Å². The van der Waals surface area contributed by atoms with Gasteiger partial charge in [-0.25, -0.2) is 0 Å². The number of carbonyl (C=O) groups is 1. The second-order valence-corrected chi connectivity index (χ2v) is 4.93. The molecule has 0 atom stereocenters. The highest BCUT2D eigenvalue weighted by atomic mass is 16.1. The Morgan fingerprint density at radius 1 is 0.727 bits per heavy atom. The summed E-state index contributed by atoms with van der Waals surface area (Å²) >= 11 is 0. The van der Waals surface area contributed by atoms with Crippen molar-refractivity contribution in [2.45, 2.75) is 0 Å². The van der Waals surface area contributed by atoms with E-state index in [2.05, 4.69) is 0 Å². The van der Waals surface area contributed by atoms with Gasteiger partial charge in [0.25, 0.3) is 0 Å². The lowest BCUT2D eigenvalue weighted by Crippen LogP contribution is -2.09. The van der Waals surface area contributed by atoms with Gasteiger partial charge in [0.15, 0.2) is 5.78 Å². The van der Waals surface area contributed by atoms with Crippen molar-refractivity contribution in [1.82, 2.24) is 0 Å². The first-order chi connectivity index (χ1) is 10.7. The molecule has 0 heterocycles. The van der Waals surface area contributed by atoms with Crippen molar-refractivity contribution in [2.24, 2.45) is 0 Å². The monoisotopic (exact) mass is 292 g/mol. The Bertz CT molecular complexity index is 590. The molecule has 22 heavy (non-hydrogen) atoms. The van der Waals surface area contributed by atoms with Crippen LogP contribution in [-0.4, -0.2) is 19.9 Å². The third-order valence-corrected chi connectivity index (χ3v) is 3.25. The Balaban J connectivity index is 1.92.